The van der Waals surface area contributed by atoms with Crippen molar-refractivity contribution in [2.75, 3.05) is 18.5 Å². The summed E-state index contributed by atoms with van der Waals surface area (Å²) in [6, 6.07) is 0. The average molecular weight is 278 g/mol. The Morgan fingerprint density at radius 3 is 1.78 bits per heavy atom. The minimum absolute atomic E-state index is 0.127. The second-order valence-electron chi connectivity index (χ2n) is 4.58. The van der Waals surface area contributed by atoms with Crippen molar-refractivity contribution < 1.29 is 24.4 Å². The molecule has 5 nitrogen and oxygen atoms in total. The average Bonchev–Trinajstić information content (AvgIpc) is 2.30. The zero-order valence-corrected chi connectivity index (χ0v) is 11.8. The number of carboxylic acid groups (broad SMARTS) is 2. The molecule has 18 heavy (non-hydrogen) atoms. The van der Waals surface area contributed by atoms with Gasteiger partial charge in [0, 0.05) is 18.5 Å². The molecule has 0 radical (unpaired) electrons. The second-order valence-corrected chi connectivity index (χ2v) is 8.03. The van der Waals surface area contributed by atoms with Gasteiger partial charge in [-0.3, -0.25) is 9.59 Å². The van der Waals surface area contributed by atoms with Gasteiger partial charge in [0.25, 0.3) is 0 Å². The van der Waals surface area contributed by atoms with Crippen molar-refractivity contribution in [2.24, 2.45) is 0 Å². The molecule has 0 rings (SSSR count). The van der Waals surface area contributed by atoms with Crippen LogP contribution in [-0.2, 0) is 14.2 Å². The molecule has 0 aliphatic heterocycles. The van der Waals surface area contributed by atoms with E-state index in [9.17, 15) is 14.2 Å². The lowest BCUT2D eigenvalue weighted by atomic mass is 10.2. The summed E-state index contributed by atoms with van der Waals surface area (Å²) in [5, 5.41) is 17.3. The largest absolute Gasteiger partial charge is 0.481 e. The van der Waals surface area contributed by atoms with Crippen molar-refractivity contribution >= 4 is 19.1 Å². The third-order valence-electron chi connectivity index (χ3n) is 2.89. The maximum absolute atomic E-state index is 12.5. The molecule has 0 aliphatic rings. The molecule has 0 aliphatic carbocycles. The fourth-order valence-corrected chi connectivity index (χ4v) is 4.43. The molecule has 0 aromatic carbocycles. The molecule has 0 aromatic heterocycles. The van der Waals surface area contributed by atoms with Crippen LogP contribution < -0.4 is 0 Å². The number of rotatable bonds is 11. The lowest BCUT2D eigenvalue weighted by Gasteiger charge is -2.16. The second kappa shape index (κ2) is 9.15. The highest BCUT2D eigenvalue weighted by atomic mass is 31.2. The third kappa shape index (κ3) is 9.23. The van der Waals surface area contributed by atoms with Crippen molar-refractivity contribution in [1.29, 1.82) is 0 Å². The van der Waals surface area contributed by atoms with Gasteiger partial charge in [0.15, 0.2) is 0 Å². The van der Waals surface area contributed by atoms with E-state index in [4.69, 9.17) is 10.2 Å². The fourth-order valence-electron chi connectivity index (χ4n) is 1.76. The summed E-state index contributed by atoms with van der Waals surface area (Å²) in [7, 11) is -2.63. The van der Waals surface area contributed by atoms with Crippen molar-refractivity contribution in [3.05, 3.63) is 0 Å². The van der Waals surface area contributed by atoms with Crippen LogP contribution in [0.5, 0.6) is 0 Å². The number of hydrogen-bond donors (Lipinski definition) is 2. The van der Waals surface area contributed by atoms with Gasteiger partial charge in [0.2, 0.25) is 0 Å². The molecule has 0 aromatic rings. The Labute approximate surface area is 108 Å². The van der Waals surface area contributed by atoms with Gasteiger partial charge in [-0.2, -0.15) is 0 Å². The molecule has 0 atom stereocenters. The zero-order valence-electron chi connectivity index (χ0n) is 10.9. The number of carboxylic acids is 2. The van der Waals surface area contributed by atoms with Crippen LogP contribution >= 0.6 is 7.14 Å². The maximum atomic E-state index is 12.5. The predicted octanol–water partition coefficient (Wildman–Crippen LogP) is 2.88. The molecule has 0 fully saturated rings. The highest BCUT2D eigenvalue weighted by molar-refractivity contribution is 7.63. The van der Waals surface area contributed by atoms with Crippen LogP contribution in [0.1, 0.15) is 45.4 Å². The standard InChI is InChI=1S/C12H23O5P/c1-2-3-4-5-8-18(17,9-6-11(13)14)10-7-12(15)16/h2-10H2,1H3,(H,13,14)(H,15,16). The predicted molar refractivity (Wildman–Crippen MR) is 70.9 cm³/mol. The fraction of sp³-hybridized carbons (Fsp3) is 0.833. The molecule has 0 saturated carbocycles. The zero-order chi connectivity index (χ0) is 14.0. The number of hydrogen-bond acceptors (Lipinski definition) is 3. The van der Waals surface area contributed by atoms with E-state index >= 15 is 0 Å². The minimum Gasteiger partial charge on any atom is -0.481 e. The first-order chi connectivity index (χ1) is 8.39. The number of unbranched alkanes of at least 4 members (excludes halogenated alkanes) is 3. The van der Waals surface area contributed by atoms with E-state index < -0.39 is 19.1 Å². The quantitative estimate of drug-likeness (QED) is 0.448. The Morgan fingerprint density at radius 1 is 0.889 bits per heavy atom. The first-order valence-corrected chi connectivity index (χ1v) is 8.66. The molecular weight excluding hydrogens is 255 g/mol. The monoisotopic (exact) mass is 278 g/mol. The van der Waals surface area contributed by atoms with Crippen molar-refractivity contribution in [3.63, 3.8) is 0 Å². The smallest absolute Gasteiger partial charge is 0.303 e. The topological polar surface area (TPSA) is 91.7 Å². The molecule has 0 unspecified atom stereocenters. The molecule has 0 bridgehead atoms. The van der Waals surface area contributed by atoms with Gasteiger partial charge in [0.05, 0.1) is 20.0 Å². The molecule has 0 heterocycles. The Balaban J connectivity index is 4.24. The van der Waals surface area contributed by atoms with Crippen molar-refractivity contribution in [3.8, 4) is 0 Å². The van der Waals surface area contributed by atoms with Gasteiger partial charge in [-0.15, -0.1) is 0 Å². The van der Waals surface area contributed by atoms with E-state index in [0.29, 0.717) is 6.16 Å². The Kier molecular flexibility index (Phi) is 8.73. The summed E-state index contributed by atoms with van der Waals surface area (Å²) in [4.78, 5) is 21.0. The van der Waals surface area contributed by atoms with Crippen molar-refractivity contribution in [1.82, 2.24) is 0 Å². The highest BCUT2D eigenvalue weighted by Gasteiger charge is 2.23. The van der Waals surface area contributed by atoms with Gasteiger partial charge in [-0.05, 0) is 6.42 Å². The van der Waals surface area contributed by atoms with Crippen LogP contribution in [0.3, 0.4) is 0 Å². The maximum Gasteiger partial charge on any atom is 0.303 e. The molecule has 0 spiro atoms. The van der Waals surface area contributed by atoms with E-state index in [2.05, 4.69) is 6.92 Å². The van der Waals surface area contributed by atoms with Crippen LogP contribution in [-0.4, -0.2) is 40.6 Å². The number of aliphatic carboxylic acids is 2. The summed E-state index contributed by atoms with van der Waals surface area (Å²) in [5.41, 5.74) is 0. The number of carbonyl (C=O) groups is 2. The minimum atomic E-state index is -2.63. The van der Waals surface area contributed by atoms with E-state index in [1.165, 1.54) is 0 Å². The van der Waals surface area contributed by atoms with E-state index in [0.717, 1.165) is 25.7 Å². The van der Waals surface area contributed by atoms with Gasteiger partial charge in [0.1, 0.15) is 0 Å². The van der Waals surface area contributed by atoms with Gasteiger partial charge in [-0.1, -0.05) is 26.2 Å². The summed E-state index contributed by atoms with van der Waals surface area (Å²) in [6.45, 7) is 2.08. The van der Waals surface area contributed by atoms with Crippen LogP contribution in [0.2, 0.25) is 0 Å². The summed E-state index contributed by atoms with van der Waals surface area (Å²) in [6.07, 6.45) is 4.38. The van der Waals surface area contributed by atoms with Gasteiger partial charge >= 0.3 is 11.9 Å². The van der Waals surface area contributed by atoms with Crippen LogP contribution in [0, 0.1) is 0 Å². The van der Waals surface area contributed by atoms with E-state index in [-0.39, 0.29) is 25.2 Å². The van der Waals surface area contributed by atoms with E-state index in [1.807, 2.05) is 0 Å². The Bertz CT molecular complexity index is 292. The van der Waals surface area contributed by atoms with Crippen molar-refractivity contribution in [2.45, 2.75) is 45.4 Å². The molecular formula is C12H23O5P. The molecule has 0 amide bonds. The SMILES string of the molecule is CCCCCCP(=O)(CCC(=O)O)CCC(=O)O. The van der Waals surface area contributed by atoms with Gasteiger partial charge < -0.3 is 14.8 Å². The van der Waals surface area contributed by atoms with Crippen LogP contribution in [0.25, 0.3) is 0 Å². The highest BCUT2D eigenvalue weighted by Crippen LogP contribution is 2.47. The normalized spacial score (nSPS) is 11.4. The lowest BCUT2D eigenvalue weighted by Crippen LogP contribution is -2.08. The van der Waals surface area contributed by atoms with Crippen LogP contribution in [0.15, 0.2) is 0 Å². The van der Waals surface area contributed by atoms with Gasteiger partial charge in [-0.25, -0.2) is 0 Å². The molecule has 6 heteroatoms. The summed E-state index contributed by atoms with van der Waals surface area (Å²) in [5.74, 6) is -1.95. The Morgan fingerprint density at radius 2 is 1.39 bits per heavy atom. The first-order valence-electron chi connectivity index (χ1n) is 6.40. The Hall–Kier alpha value is -0.830. The third-order valence-corrected chi connectivity index (χ3v) is 6.09. The van der Waals surface area contributed by atoms with Crippen LogP contribution in [0.4, 0.5) is 0 Å². The summed E-state index contributed by atoms with van der Waals surface area (Å²) < 4.78 is 12.5. The molecule has 0 saturated heterocycles. The van der Waals surface area contributed by atoms with E-state index in [1.54, 1.807) is 0 Å². The lowest BCUT2D eigenvalue weighted by molar-refractivity contribution is -0.137. The first kappa shape index (κ1) is 17.2. The summed E-state index contributed by atoms with van der Waals surface area (Å²) >= 11 is 0. The molecule has 106 valence electrons. The molecule has 2 N–H and O–H groups in total.